The van der Waals surface area contributed by atoms with Gasteiger partial charge in [0.15, 0.2) is 0 Å². The van der Waals surface area contributed by atoms with E-state index in [0.717, 1.165) is 33.6 Å². The van der Waals surface area contributed by atoms with Crippen LogP contribution in [0.2, 0.25) is 0 Å². The van der Waals surface area contributed by atoms with Gasteiger partial charge < -0.3 is 16.0 Å². The van der Waals surface area contributed by atoms with Crippen LogP contribution >= 0.6 is 11.3 Å². The predicted molar refractivity (Wildman–Crippen MR) is 78.4 cm³/mol. The first-order valence-corrected chi connectivity index (χ1v) is 6.66. The topological polar surface area (TPSA) is 83.8 Å². The molecule has 96 valence electrons. The molecule has 0 fully saturated rings. The second-order valence-electron chi connectivity index (χ2n) is 4.12. The number of pyridine rings is 1. The molecule has 5 nitrogen and oxygen atoms in total. The third-order valence-corrected chi connectivity index (χ3v) is 3.59. The number of fused-ring (bicyclic) bond motifs is 1. The average molecular weight is 272 g/mol. The van der Waals surface area contributed by atoms with Crippen molar-refractivity contribution in [3.05, 3.63) is 51.2 Å². The standard InChI is InChI=1S/C13H12N4OS/c14-12-9-2-1-5-15-10(9)3-4-11(12)16-6-8-7-19-13(18)17-8/h1-5,7,16H,6,14H2,(H,17,18). The van der Waals surface area contributed by atoms with Crippen molar-refractivity contribution < 1.29 is 0 Å². The minimum Gasteiger partial charge on any atom is -0.397 e. The van der Waals surface area contributed by atoms with Crippen molar-refractivity contribution in [2.45, 2.75) is 6.54 Å². The van der Waals surface area contributed by atoms with Crippen LogP contribution in [0.4, 0.5) is 11.4 Å². The number of thiazole rings is 1. The molecular weight excluding hydrogens is 260 g/mol. The van der Waals surface area contributed by atoms with Gasteiger partial charge in [0, 0.05) is 22.7 Å². The monoisotopic (exact) mass is 272 g/mol. The summed E-state index contributed by atoms with van der Waals surface area (Å²) in [6.45, 7) is 0.536. The lowest BCUT2D eigenvalue weighted by molar-refractivity contribution is 1.06. The zero-order chi connectivity index (χ0) is 13.2. The van der Waals surface area contributed by atoms with Crippen LogP contribution in [0.5, 0.6) is 0 Å². The van der Waals surface area contributed by atoms with E-state index < -0.39 is 0 Å². The number of aromatic nitrogens is 2. The first kappa shape index (κ1) is 11.7. The average Bonchev–Trinajstić information content (AvgIpc) is 2.84. The Hall–Kier alpha value is -2.34. The molecule has 0 radical (unpaired) electrons. The molecule has 2 aromatic heterocycles. The maximum atomic E-state index is 11.0. The summed E-state index contributed by atoms with van der Waals surface area (Å²) in [4.78, 5) is 18.0. The lowest BCUT2D eigenvalue weighted by Gasteiger charge is -2.10. The largest absolute Gasteiger partial charge is 0.397 e. The van der Waals surface area contributed by atoms with Crippen LogP contribution in [0.15, 0.2) is 40.6 Å². The highest BCUT2D eigenvalue weighted by atomic mass is 32.1. The van der Waals surface area contributed by atoms with Crippen molar-refractivity contribution in [1.29, 1.82) is 0 Å². The number of aromatic amines is 1. The quantitative estimate of drug-likeness (QED) is 0.638. The molecule has 0 saturated heterocycles. The van der Waals surface area contributed by atoms with Crippen molar-refractivity contribution in [1.82, 2.24) is 9.97 Å². The van der Waals surface area contributed by atoms with Crippen LogP contribution in [0.1, 0.15) is 5.69 Å². The lowest BCUT2D eigenvalue weighted by atomic mass is 10.1. The number of anilines is 2. The molecule has 19 heavy (non-hydrogen) atoms. The zero-order valence-corrected chi connectivity index (χ0v) is 10.8. The molecule has 3 rings (SSSR count). The minimum absolute atomic E-state index is 0.0486. The first-order valence-electron chi connectivity index (χ1n) is 5.78. The van der Waals surface area contributed by atoms with Crippen LogP contribution < -0.4 is 15.9 Å². The fourth-order valence-electron chi connectivity index (χ4n) is 1.92. The molecule has 0 atom stereocenters. The van der Waals surface area contributed by atoms with Gasteiger partial charge in [0.05, 0.1) is 23.4 Å². The maximum Gasteiger partial charge on any atom is 0.304 e. The Morgan fingerprint density at radius 1 is 1.37 bits per heavy atom. The highest BCUT2D eigenvalue weighted by molar-refractivity contribution is 7.07. The van der Waals surface area contributed by atoms with Crippen molar-refractivity contribution in [3.63, 3.8) is 0 Å². The smallest absolute Gasteiger partial charge is 0.304 e. The van der Waals surface area contributed by atoms with Gasteiger partial charge in [0.25, 0.3) is 0 Å². The molecule has 0 bridgehead atoms. The van der Waals surface area contributed by atoms with Crippen LogP contribution in [-0.2, 0) is 6.54 Å². The number of nitrogens with two attached hydrogens (primary N) is 1. The van der Waals surface area contributed by atoms with Gasteiger partial charge in [0.2, 0.25) is 0 Å². The van der Waals surface area contributed by atoms with Crippen LogP contribution in [-0.4, -0.2) is 9.97 Å². The summed E-state index contributed by atoms with van der Waals surface area (Å²) in [6.07, 6.45) is 1.74. The minimum atomic E-state index is -0.0486. The zero-order valence-electron chi connectivity index (χ0n) is 10.0. The summed E-state index contributed by atoms with van der Waals surface area (Å²) in [5, 5.41) is 5.94. The number of H-pyrrole nitrogens is 1. The van der Waals surface area contributed by atoms with E-state index in [4.69, 9.17) is 5.73 Å². The van der Waals surface area contributed by atoms with Gasteiger partial charge in [-0.15, -0.1) is 0 Å². The second-order valence-corrected chi connectivity index (χ2v) is 4.97. The van der Waals surface area contributed by atoms with E-state index in [9.17, 15) is 4.79 Å². The van der Waals surface area contributed by atoms with Gasteiger partial charge in [-0.1, -0.05) is 11.3 Å². The molecular formula is C13H12N4OS. The number of nitrogens with one attached hydrogen (secondary N) is 2. The summed E-state index contributed by atoms with van der Waals surface area (Å²) in [5.41, 5.74) is 9.34. The Morgan fingerprint density at radius 2 is 2.26 bits per heavy atom. The number of benzene rings is 1. The van der Waals surface area contributed by atoms with E-state index in [1.165, 1.54) is 0 Å². The number of hydrogen-bond acceptors (Lipinski definition) is 5. The molecule has 0 spiro atoms. The second kappa shape index (κ2) is 4.74. The molecule has 0 amide bonds. The van der Waals surface area contributed by atoms with Gasteiger partial charge in [-0.2, -0.15) is 0 Å². The van der Waals surface area contributed by atoms with Crippen LogP contribution in [0.25, 0.3) is 10.9 Å². The summed E-state index contributed by atoms with van der Waals surface area (Å²) in [6, 6.07) is 7.62. The molecule has 0 unspecified atom stereocenters. The summed E-state index contributed by atoms with van der Waals surface area (Å²) in [7, 11) is 0. The predicted octanol–water partition coefficient (Wildman–Crippen LogP) is 2.18. The van der Waals surface area contributed by atoms with Gasteiger partial charge in [-0.25, -0.2) is 0 Å². The third kappa shape index (κ3) is 2.30. The highest BCUT2D eigenvalue weighted by Gasteiger charge is 2.05. The molecule has 2 heterocycles. The van der Waals surface area contributed by atoms with Crippen molar-refractivity contribution >= 4 is 33.6 Å². The van der Waals surface area contributed by atoms with Crippen molar-refractivity contribution in [3.8, 4) is 0 Å². The van der Waals surface area contributed by atoms with E-state index in [1.54, 1.807) is 11.6 Å². The van der Waals surface area contributed by atoms with Gasteiger partial charge in [-0.05, 0) is 24.3 Å². The molecule has 0 aliphatic carbocycles. The molecule has 0 aliphatic rings. The van der Waals surface area contributed by atoms with E-state index in [1.807, 2.05) is 24.3 Å². The molecule has 1 aromatic carbocycles. The molecule has 6 heteroatoms. The van der Waals surface area contributed by atoms with Crippen molar-refractivity contribution in [2.24, 2.45) is 0 Å². The Balaban J connectivity index is 1.89. The van der Waals surface area contributed by atoms with Crippen molar-refractivity contribution in [2.75, 3.05) is 11.1 Å². The summed E-state index contributed by atoms with van der Waals surface area (Å²) >= 11 is 1.15. The third-order valence-electron chi connectivity index (χ3n) is 2.87. The molecule has 0 aliphatic heterocycles. The first-order chi connectivity index (χ1) is 9.24. The Morgan fingerprint density at radius 3 is 3.05 bits per heavy atom. The van der Waals surface area contributed by atoms with Gasteiger partial charge in [0.1, 0.15) is 0 Å². The van der Waals surface area contributed by atoms with Gasteiger partial charge >= 0.3 is 4.87 Å². The van der Waals surface area contributed by atoms with Crippen LogP contribution in [0.3, 0.4) is 0 Å². The highest BCUT2D eigenvalue weighted by Crippen LogP contribution is 2.27. The summed E-state index contributed by atoms with van der Waals surface area (Å²) in [5.74, 6) is 0. The number of rotatable bonds is 3. The molecule has 3 aromatic rings. The Labute approximate surface area is 113 Å². The number of nitrogen functional groups attached to an aromatic ring is 1. The van der Waals surface area contributed by atoms with E-state index in [2.05, 4.69) is 15.3 Å². The fraction of sp³-hybridized carbons (Fsp3) is 0.0769. The molecule has 4 N–H and O–H groups in total. The molecule has 0 saturated carbocycles. The normalized spacial score (nSPS) is 10.7. The van der Waals surface area contributed by atoms with E-state index in [-0.39, 0.29) is 4.87 Å². The lowest BCUT2D eigenvalue weighted by Crippen LogP contribution is -2.05. The van der Waals surface area contributed by atoms with E-state index >= 15 is 0 Å². The number of nitrogens with zero attached hydrogens (tertiary/aromatic N) is 1. The Kier molecular flexibility index (Phi) is 2.92. The Bertz CT molecular complexity index is 777. The summed E-state index contributed by atoms with van der Waals surface area (Å²) < 4.78 is 0. The SMILES string of the molecule is Nc1c(NCc2csc(=O)[nH]2)ccc2ncccc12. The number of hydrogen-bond donors (Lipinski definition) is 3. The van der Waals surface area contributed by atoms with Crippen LogP contribution in [0, 0.1) is 0 Å². The van der Waals surface area contributed by atoms with E-state index in [0.29, 0.717) is 12.2 Å². The maximum absolute atomic E-state index is 11.0. The fourth-order valence-corrected chi connectivity index (χ4v) is 2.50. The van der Waals surface area contributed by atoms with Gasteiger partial charge in [-0.3, -0.25) is 9.78 Å².